The van der Waals surface area contributed by atoms with Gasteiger partial charge in [-0.3, -0.25) is 4.31 Å². The highest BCUT2D eigenvalue weighted by atomic mass is 32.2. The lowest BCUT2D eigenvalue weighted by Crippen LogP contribution is -2.34. The van der Waals surface area contributed by atoms with Crippen molar-refractivity contribution in [2.24, 2.45) is 0 Å². The summed E-state index contributed by atoms with van der Waals surface area (Å²) in [5.74, 6) is 1.19. The molecule has 0 saturated heterocycles. The minimum Gasteiger partial charge on any atom is -0.457 e. The number of nitrogens with zero attached hydrogens (tertiary/aromatic N) is 2. The first-order valence-corrected chi connectivity index (χ1v) is 13.1. The molecule has 0 heterocycles. The Morgan fingerprint density at radius 3 is 2.28 bits per heavy atom. The molecular weight excluding hydrogens is 448 g/mol. The Labute approximate surface area is 195 Å². The van der Waals surface area contributed by atoms with E-state index in [9.17, 15) is 13.2 Å². The van der Waals surface area contributed by atoms with Gasteiger partial charge in [0.2, 0.25) is 10.0 Å². The van der Waals surface area contributed by atoms with E-state index in [4.69, 9.17) is 9.47 Å². The summed E-state index contributed by atoms with van der Waals surface area (Å²) in [4.78, 5) is 15.1. The number of hydrogen-bond acceptors (Lipinski definition) is 6. The Morgan fingerprint density at radius 1 is 1.09 bits per heavy atom. The van der Waals surface area contributed by atoms with Crippen molar-refractivity contribution in [3.05, 3.63) is 47.5 Å². The molecule has 0 spiro atoms. The van der Waals surface area contributed by atoms with Gasteiger partial charge in [0.15, 0.2) is 0 Å². The number of carbonyl (C=O) groups excluding carboxylic acids is 1. The Kier molecular flexibility index (Phi) is 8.12. The summed E-state index contributed by atoms with van der Waals surface area (Å²) in [5.41, 5.74) is 1.59. The van der Waals surface area contributed by atoms with E-state index < -0.39 is 21.7 Å². The summed E-state index contributed by atoms with van der Waals surface area (Å²) < 4.78 is 36.8. The highest BCUT2D eigenvalue weighted by Gasteiger charge is 2.22. The molecule has 0 radical (unpaired) electrons. The van der Waals surface area contributed by atoms with Crippen LogP contribution in [-0.4, -0.2) is 51.6 Å². The number of benzene rings is 2. The molecule has 0 N–H and O–H groups in total. The molecule has 2 rings (SSSR count). The molecular formula is C23H32N2O5S2. The Hall–Kier alpha value is -2.39. The van der Waals surface area contributed by atoms with Crippen LogP contribution < -0.4 is 9.04 Å². The zero-order chi connectivity index (χ0) is 24.3. The summed E-state index contributed by atoms with van der Waals surface area (Å²) in [6.45, 7) is 7.60. The fraction of sp³-hybridized carbons (Fsp3) is 0.435. The van der Waals surface area contributed by atoms with Crippen LogP contribution in [0.1, 0.15) is 31.9 Å². The number of anilines is 1. The second-order valence-corrected chi connectivity index (χ2v) is 11.5. The fourth-order valence-corrected chi connectivity index (χ4v) is 3.96. The van der Waals surface area contributed by atoms with Gasteiger partial charge in [0.05, 0.1) is 18.5 Å². The number of ether oxygens (including phenoxy) is 2. The van der Waals surface area contributed by atoms with Crippen LogP contribution >= 0.6 is 11.8 Å². The highest BCUT2D eigenvalue weighted by molar-refractivity contribution is 7.98. The molecule has 0 aliphatic rings. The number of rotatable bonds is 7. The van der Waals surface area contributed by atoms with Gasteiger partial charge in [-0.15, -0.1) is 11.8 Å². The van der Waals surface area contributed by atoms with E-state index in [0.717, 1.165) is 16.7 Å². The van der Waals surface area contributed by atoms with Crippen LogP contribution in [-0.2, 0) is 21.3 Å². The average Bonchev–Trinajstić information content (AvgIpc) is 2.66. The predicted molar refractivity (Wildman–Crippen MR) is 130 cm³/mol. The van der Waals surface area contributed by atoms with Gasteiger partial charge < -0.3 is 14.4 Å². The zero-order valence-corrected chi connectivity index (χ0v) is 21.6. The molecule has 0 aliphatic heterocycles. The van der Waals surface area contributed by atoms with E-state index in [1.54, 1.807) is 57.8 Å². The topological polar surface area (TPSA) is 76.2 Å². The first-order valence-electron chi connectivity index (χ1n) is 10.0. The molecule has 1 amide bonds. The van der Waals surface area contributed by atoms with E-state index >= 15 is 0 Å². The van der Waals surface area contributed by atoms with Crippen molar-refractivity contribution >= 4 is 33.6 Å². The maximum atomic E-state index is 12.5. The number of aryl methyl sites for hydroxylation is 1. The van der Waals surface area contributed by atoms with Gasteiger partial charge in [0, 0.05) is 24.6 Å². The smallest absolute Gasteiger partial charge is 0.410 e. The van der Waals surface area contributed by atoms with Crippen LogP contribution in [0.5, 0.6) is 11.5 Å². The summed E-state index contributed by atoms with van der Waals surface area (Å²) in [7, 11) is -0.331. The molecule has 9 heteroatoms. The lowest BCUT2D eigenvalue weighted by molar-refractivity contribution is 0.0284. The van der Waals surface area contributed by atoms with Gasteiger partial charge in [-0.2, -0.15) is 0 Å². The van der Waals surface area contributed by atoms with Crippen LogP contribution in [0.25, 0.3) is 0 Å². The summed E-state index contributed by atoms with van der Waals surface area (Å²) >= 11 is 1.66. The van der Waals surface area contributed by atoms with Crippen molar-refractivity contribution in [3.63, 3.8) is 0 Å². The van der Waals surface area contributed by atoms with Crippen molar-refractivity contribution in [1.82, 2.24) is 4.90 Å². The highest BCUT2D eigenvalue weighted by Crippen LogP contribution is 2.33. The number of amides is 1. The SMILES string of the molecule is CSc1ccc(Oc2ccc(N(C)S(C)(=O)=O)cc2CN(C)C(=O)OC(C)(C)C)cc1C. The van der Waals surface area contributed by atoms with Gasteiger partial charge in [-0.1, -0.05) is 0 Å². The Morgan fingerprint density at radius 2 is 1.75 bits per heavy atom. The Bertz CT molecular complexity index is 1080. The number of hydrogen-bond donors (Lipinski definition) is 0. The lowest BCUT2D eigenvalue weighted by atomic mass is 10.1. The average molecular weight is 481 g/mol. The van der Waals surface area contributed by atoms with Gasteiger partial charge >= 0.3 is 6.09 Å². The third-order valence-corrected chi connectivity index (χ3v) is 6.72. The molecule has 176 valence electrons. The third kappa shape index (κ3) is 7.06. The number of thioether (sulfide) groups is 1. The molecule has 2 aromatic rings. The van der Waals surface area contributed by atoms with E-state index in [1.807, 2.05) is 31.4 Å². The maximum absolute atomic E-state index is 12.5. The minimum absolute atomic E-state index is 0.178. The van der Waals surface area contributed by atoms with Crippen molar-refractivity contribution in [3.8, 4) is 11.5 Å². The van der Waals surface area contributed by atoms with Crippen molar-refractivity contribution in [1.29, 1.82) is 0 Å². The number of carbonyl (C=O) groups is 1. The standard InChI is InChI=1S/C23H32N2O5S2/c1-16-13-19(10-12-21(16)31-7)29-20-11-9-18(25(6)32(8,27)28)14-17(20)15-24(5)22(26)30-23(2,3)4/h9-14H,15H2,1-8H3. The second kappa shape index (κ2) is 10.0. The zero-order valence-electron chi connectivity index (χ0n) is 19.9. The quantitative estimate of drug-likeness (QED) is 0.503. The van der Waals surface area contributed by atoms with Crippen LogP contribution in [0.3, 0.4) is 0 Å². The van der Waals surface area contributed by atoms with Crippen molar-refractivity contribution < 1.29 is 22.7 Å². The molecule has 0 atom stereocenters. The maximum Gasteiger partial charge on any atom is 0.410 e. The van der Waals surface area contributed by atoms with Gasteiger partial charge in [-0.05, 0) is 75.9 Å². The normalized spacial score (nSPS) is 11.8. The number of sulfonamides is 1. The summed E-state index contributed by atoms with van der Waals surface area (Å²) in [5, 5.41) is 0. The molecule has 0 bridgehead atoms. The monoisotopic (exact) mass is 480 g/mol. The third-order valence-electron chi connectivity index (χ3n) is 4.61. The molecule has 0 fully saturated rings. The lowest BCUT2D eigenvalue weighted by Gasteiger charge is -2.26. The van der Waals surface area contributed by atoms with E-state index in [0.29, 0.717) is 22.7 Å². The summed E-state index contributed by atoms with van der Waals surface area (Å²) in [6, 6.07) is 10.9. The largest absolute Gasteiger partial charge is 0.457 e. The van der Waals surface area contributed by atoms with Gasteiger partial charge in [0.25, 0.3) is 0 Å². The molecule has 0 saturated carbocycles. The molecule has 2 aromatic carbocycles. The van der Waals surface area contributed by atoms with E-state index in [-0.39, 0.29) is 6.54 Å². The molecule has 0 aliphatic carbocycles. The first kappa shape index (κ1) is 25.9. The van der Waals surface area contributed by atoms with Crippen LogP contribution in [0.4, 0.5) is 10.5 Å². The van der Waals surface area contributed by atoms with Crippen LogP contribution in [0.2, 0.25) is 0 Å². The van der Waals surface area contributed by atoms with Gasteiger partial charge in [0.1, 0.15) is 17.1 Å². The van der Waals surface area contributed by atoms with Crippen LogP contribution in [0, 0.1) is 6.92 Å². The molecule has 32 heavy (non-hydrogen) atoms. The minimum atomic E-state index is -3.44. The van der Waals surface area contributed by atoms with Crippen LogP contribution in [0.15, 0.2) is 41.3 Å². The predicted octanol–water partition coefficient (Wildman–Crippen LogP) is 5.27. The van der Waals surface area contributed by atoms with Crippen molar-refractivity contribution in [2.45, 2.75) is 44.7 Å². The van der Waals surface area contributed by atoms with E-state index in [1.165, 1.54) is 16.3 Å². The molecule has 0 unspecified atom stereocenters. The first-order chi connectivity index (χ1) is 14.7. The fourth-order valence-electron chi connectivity index (χ4n) is 2.88. The molecule has 7 nitrogen and oxygen atoms in total. The Balaban J connectivity index is 2.41. The second-order valence-electron chi connectivity index (χ2n) is 8.59. The summed E-state index contributed by atoms with van der Waals surface area (Å²) in [6.07, 6.45) is 2.68. The van der Waals surface area contributed by atoms with E-state index in [2.05, 4.69) is 0 Å². The van der Waals surface area contributed by atoms with Gasteiger partial charge in [-0.25, -0.2) is 13.2 Å². The van der Waals surface area contributed by atoms with Crippen molar-refractivity contribution in [2.75, 3.05) is 30.9 Å². The molecule has 0 aromatic heterocycles.